The highest BCUT2D eigenvalue weighted by atomic mass is 32.2. The molecule has 0 bridgehead atoms. The third kappa shape index (κ3) is 59.4. The first-order valence-electron chi connectivity index (χ1n) is 27.0. The van der Waals surface area contributed by atoms with Crippen LogP contribution in [-0.4, -0.2) is 245 Å². The summed E-state index contributed by atoms with van der Waals surface area (Å²) >= 11 is 9.66. The molecule has 0 aromatic carbocycles. The van der Waals surface area contributed by atoms with E-state index < -0.39 is 0 Å². The zero-order valence-electron chi connectivity index (χ0n) is 47.1. The fraction of sp³-hybridized carbons (Fsp3) is 0.800. The molecule has 0 radical (unpaired) electrons. The molecule has 0 heterocycles. The van der Waals surface area contributed by atoms with E-state index in [-0.39, 0.29) is 55.7 Å². The molecule has 24 nitrogen and oxygen atoms in total. The van der Waals surface area contributed by atoms with Gasteiger partial charge in [0.25, 0.3) is 0 Å². The number of thioether (sulfide) groups is 6. The van der Waals surface area contributed by atoms with Crippen molar-refractivity contribution in [1.82, 2.24) is 21.3 Å². The van der Waals surface area contributed by atoms with Gasteiger partial charge in [-0.1, -0.05) is 0 Å². The van der Waals surface area contributed by atoms with E-state index in [1.807, 2.05) is 0 Å². The van der Waals surface area contributed by atoms with Crippen molar-refractivity contribution in [1.29, 1.82) is 0 Å². The molecule has 0 aliphatic carbocycles. The van der Waals surface area contributed by atoms with Gasteiger partial charge in [0.2, 0.25) is 0 Å². The van der Waals surface area contributed by atoms with Gasteiger partial charge in [0.05, 0.1) is 21.8 Å². The van der Waals surface area contributed by atoms with Crippen LogP contribution in [0, 0.1) is 0 Å². The summed E-state index contributed by atoms with van der Waals surface area (Å²) in [4.78, 5) is 106. The molecule has 470 valence electrons. The summed E-state index contributed by atoms with van der Waals surface area (Å²) in [6.07, 6.45) is 14.2. The summed E-state index contributed by atoms with van der Waals surface area (Å²) in [5, 5.41) is 12.8. The first-order chi connectivity index (χ1) is 38.9. The number of aldehydes is 10. The molecule has 0 spiro atoms. The predicted octanol–water partition coefficient (Wildman–Crippen LogP) is -3.15. The van der Waals surface area contributed by atoms with Gasteiger partial charge in [0.15, 0.2) is 0 Å². The molecule has 0 rings (SSSR count). The van der Waals surface area contributed by atoms with Crippen molar-refractivity contribution in [3.05, 3.63) is 0 Å². The van der Waals surface area contributed by atoms with Gasteiger partial charge in [-0.2, -0.15) is 35.3 Å². The molecule has 80 heavy (non-hydrogen) atoms. The Bertz CT molecular complexity index is 1290. The van der Waals surface area contributed by atoms with E-state index >= 15 is 0 Å². The molecule has 0 aromatic rings. The lowest BCUT2D eigenvalue weighted by atomic mass is 10.0. The van der Waals surface area contributed by atoms with Crippen LogP contribution in [0.15, 0.2) is 0 Å². The number of nitrogens with two attached hydrogens (primary N) is 10. The molecule has 0 aliphatic rings. The largest absolute Gasteiger partial charge is 0.330 e. The lowest BCUT2D eigenvalue weighted by Gasteiger charge is -2.26. The second-order valence-corrected chi connectivity index (χ2v) is 24.9. The van der Waals surface area contributed by atoms with Crippen LogP contribution in [0.3, 0.4) is 0 Å². The molecule has 24 N–H and O–H groups in total. The Labute approximate surface area is 503 Å². The first kappa shape index (κ1) is 87.0. The van der Waals surface area contributed by atoms with E-state index in [4.69, 9.17) is 57.3 Å². The molecular formula is C50H104N14O10S6. The van der Waals surface area contributed by atoms with Crippen LogP contribution >= 0.6 is 70.6 Å². The number of nitrogens with one attached hydrogen (secondary N) is 4. The highest BCUT2D eigenvalue weighted by molar-refractivity contribution is 8.04. The minimum atomic E-state index is -0.265. The molecule has 0 aromatic heterocycles. The predicted molar refractivity (Wildman–Crippen MR) is 342 cm³/mol. The third-order valence-corrected chi connectivity index (χ3v) is 18.4. The molecular weight excluding hydrogens is 1150 g/mol. The third-order valence-electron chi connectivity index (χ3n) is 10.3. The summed E-state index contributed by atoms with van der Waals surface area (Å²) in [5.41, 5.74) is 53.9. The smallest absolute Gasteiger partial charge is 0.136 e. The van der Waals surface area contributed by atoms with Crippen LogP contribution in [0.4, 0.5) is 0 Å². The molecule has 0 aliphatic heterocycles. The van der Waals surface area contributed by atoms with Gasteiger partial charge in [-0.25, -0.2) is 0 Å². The maximum atomic E-state index is 10.8. The maximum absolute atomic E-state index is 10.8. The topological polar surface area (TPSA) is 479 Å². The molecule has 30 heteroatoms. The van der Waals surface area contributed by atoms with Gasteiger partial charge >= 0.3 is 0 Å². The van der Waals surface area contributed by atoms with Gasteiger partial charge in [-0.3, -0.25) is 0 Å². The highest BCUT2D eigenvalue weighted by Crippen LogP contribution is 2.28. The van der Waals surface area contributed by atoms with Crippen molar-refractivity contribution in [3.8, 4) is 0 Å². The first-order valence-corrected chi connectivity index (χ1v) is 33.3. The standard InChI is InChI=1S/2C10H22N4O2.3C10H20N2O2S2/c11-3-5-13-9(1-7-15)10(2-8-16)14-6-4-12;11-2-4-13-9(1-6-15)7-10(8-16)14-5-3-12;11-3-7-15-9(1-5-13)10(2-6-14)16-8-4-12;11-2-5-15-9(1-4-13)7-10(8-14)16-6-3-12;11-3-5-15-9(7-13)1-2-10(8-14)16-6-4-12/h7-10,13-14H,1-6,11-12H2;6,8-10,13-14H,1-5,7,11-12H2;5-6,9-10H,1-4,7-8,11-12H2;4,8-10H,1-3,5-7,11-12H2;7-10H,1-6,11-12H2. The van der Waals surface area contributed by atoms with Gasteiger partial charge in [-0.15, -0.1) is 35.3 Å². The Morgan fingerprint density at radius 3 is 0.988 bits per heavy atom. The van der Waals surface area contributed by atoms with Crippen molar-refractivity contribution >= 4 is 133 Å². The van der Waals surface area contributed by atoms with Gasteiger partial charge in [0.1, 0.15) is 62.9 Å². The van der Waals surface area contributed by atoms with Crippen molar-refractivity contribution in [2.45, 2.75) is 120 Å². The quantitative estimate of drug-likeness (QED) is 0.0268. The Morgan fingerprint density at radius 2 is 0.650 bits per heavy atom. The van der Waals surface area contributed by atoms with Crippen molar-refractivity contribution in [3.63, 3.8) is 0 Å². The van der Waals surface area contributed by atoms with Crippen molar-refractivity contribution in [2.24, 2.45) is 57.3 Å². The number of rotatable bonds is 55. The number of hydrogen-bond acceptors (Lipinski definition) is 30. The lowest BCUT2D eigenvalue weighted by Crippen LogP contribution is -2.50. The Kier molecular flexibility index (Phi) is 79.8. The van der Waals surface area contributed by atoms with E-state index in [0.29, 0.717) is 137 Å². The monoisotopic (exact) mass is 1250 g/mol. The summed E-state index contributed by atoms with van der Waals surface area (Å²) in [6.45, 7) is 7.99. The van der Waals surface area contributed by atoms with Gasteiger partial charge in [0, 0.05) is 199 Å². The Balaban J connectivity index is -0.000000293. The fourth-order valence-corrected chi connectivity index (χ4v) is 12.7. The number of carbonyl (C=O) groups excluding carboxylic acids is 10. The van der Waals surface area contributed by atoms with E-state index in [0.717, 1.165) is 117 Å². The van der Waals surface area contributed by atoms with Crippen LogP contribution in [0.5, 0.6) is 0 Å². The molecule has 10 unspecified atom stereocenters. The van der Waals surface area contributed by atoms with E-state index in [2.05, 4.69) is 21.3 Å². The summed E-state index contributed by atoms with van der Waals surface area (Å²) in [6, 6.07) is -0.420. The maximum Gasteiger partial charge on any atom is 0.136 e. The molecule has 0 amide bonds. The van der Waals surface area contributed by atoms with Crippen LogP contribution in [-0.2, 0) is 47.9 Å². The Hall–Kier alpha value is -1.76. The fourth-order valence-electron chi connectivity index (χ4n) is 6.60. The van der Waals surface area contributed by atoms with Crippen LogP contribution in [0.25, 0.3) is 0 Å². The van der Waals surface area contributed by atoms with Gasteiger partial charge < -0.3 is 127 Å². The second-order valence-electron chi connectivity index (χ2n) is 16.8. The normalized spacial score (nSPS) is 14.4. The van der Waals surface area contributed by atoms with E-state index in [1.54, 1.807) is 70.6 Å². The Morgan fingerprint density at radius 1 is 0.312 bits per heavy atom. The van der Waals surface area contributed by atoms with Crippen LogP contribution in [0.2, 0.25) is 0 Å². The minimum absolute atomic E-state index is 0.0125. The average Bonchev–Trinajstić information content (AvgIpc) is 3.47. The number of hydrogen-bond donors (Lipinski definition) is 14. The minimum Gasteiger partial charge on any atom is -0.330 e. The van der Waals surface area contributed by atoms with E-state index in [1.165, 1.54) is 0 Å². The SMILES string of the molecule is NCCNC(C=O)CC(CC=O)NCCN.NCCNC(CC=O)C(CC=O)NCCN.NCCSC(C=O)CC(CC=O)SCCN.NCCSC(C=O)CCC(C=O)SCCN.NCCSC(CC=O)C(CC=O)SCCN. The van der Waals surface area contributed by atoms with Crippen molar-refractivity contribution in [2.75, 3.05) is 126 Å². The second kappa shape index (κ2) is 73.3. The molecule has 0 saturated carbocycles. The zero-order valence-corrected chi connectivity index (χ0v) is 52.0. The molecule has 0 fully saturated rings. The van der Waals surface area contributed by atoms with Crippen LogP contribution < -0.4 is 78.6 Å². The van der Waals surface area contributed by atoms with Crippen molar-refractivity contribution < 1.29 is 47.9 Å². The summed E-state index contributed by atoms with van der Waals surface area (Å²) in [7, 11) is 0. The summed E-state index contributed by atoms with van der Waals surface area (Å²) in [5.74, 6) is 4.80. The van der Waals surface area contributed by atoms with E-state index in [9.17, 15) is 47.9 Å². The van der Waals surface area contributed by atoms with Gasteiger partial charge in [-0.05, 0) is 25.7 Å². The average molecular weight is 1250 g/mol. The van der Waals surface area contributed by atoms with Crippen LogP contribution in [0.1, 0.15) is 64.2 Å². The molecule has 10 atom stereocenters. The highest BCUT2D eigenvalue weighted by Gasteiger charge is 2.22. The molecule has 0 saturated heterocycles. The number of carbonyl (C=O) groups is 10. The lowest BCUT2D eigenvalue weighted by molar-refractivity contribution is -0.111. The summed E-state index contributed by atoms with van der Waals surface area (Å²) < 4.78 is 0. The zero-order chi connectivity index (χ0) is 61.1.